The lowest BCUT2D eigenvalue weighted by molar-refractivity contribution is -0.127. The standard InChI is InChI=1S/C19H27N3O2/c1-20-19(24)21-18(23)17(15-8-3-2-4-9-15)22-12-11-14-7-5-6-10-16(14)13-22/h2-4,8-9,14,16-17H,5-7,10-13H2,1H3,(H2,20,21,23,24)/t14-,16+,17-/m0/s1. The number of nitrogens with one attached hydrogen (secondary N) is 2. The van der Waals surface area contributed by atoms with Gasteiger partial charge in [-0.1, -0.05) is 49.6 Å². The smallest absolute Gasteiger partial charge is 0.321 e. The predicted molar refractivity (Wildman–Crippen MR) is 93.4 cm³/mol. The minimum Gasteiger partial charge on any atom is -0.341 e. The molecule has 3 rings (SSSR count). The number of fused-ring (bicyclic) bond motifs is 1. The van der Waals surface area contributed by atoms with Crippen LogP contribution < -0.4 is 10.6 Å². The summed E-state index contributed by atoms with van der Waals surface area (Å²) in [5, 5.41) is 4.93. The largest absolute Gasteiger partial charge is 0.341 e. The van der Waals surface area contributed by atoms with E-state index in [1.807, 2.05) is 30.3 Å². The fourth-order valence-electron chi connectivity index (χ4n) is 4.27. The van der Waals surface area contributed by atoms with Crippen molar-refractivity contribution in [3.8, 4) is 0 Å². The second-order valence-electron chi connectivity index (χ2n) is 6.97. The highest BCUT2D eigenvalue weighted by Crippen LogP contribution is 2.38. The molecule has 1 saturated carbocycles. The maximum absolute atomic E-state index is 12.8. The Morgan fingerprint density at radius 2 is 1.79 bits per heavy atom. The van der Waals surface area contributed by atoms with E-state index in [4.69, 9.17) is 0 Å². The van der Waals surface area contributed by atoms with Crippen molar-refractivity contribution in [2.45, 2.75) is 38.1 Å². The van der Waals surface area contributed by atoms with Crippen molar-refractivity contribution in [3.05, 3.63) is 35.9 Å². The van der Waals surface area contributed by atoms with Crippen LogP contribution in [0.25, 0.3) is 0 Å². The highest BCUT2D eigenvalue weighted by Gasteiger charge is 2.37. The Labute approximate surface area is 143 Å². The van der Waals surface area contributed by atoms with Gasteiger partial charge in [0.2, 0.25) is 5.91 Å². The van der Waals surface area contributed by atoms with Crippen molar-refractivity contribution in [1.82, 2.24) is 15.5 Å². The molecule has 1 aromatic rings. The van der Waals surface area contributed by atoms with Crippen LogP contribution in [0.2, 0.25) is 0 Å². The number of benzene rings is 1. The Morgan fingerprint density at radius 1 is 1.08 bits per heavy atom. The predicted octanol–water partition coefficient (Wildman–Crippen LogP) is 2.70. The van der Waals surface area contributed by atoms with Gasteiger partial charge in [-0.05, 0) is 36.8 Å². The van der Waals surface area contributed by atoms with Crippen LogP contribution in [-0.4, -0.2) is 37.0 Å². The van der Waals surface area contributed by atoms with Crippen molar-refractivity contribution in [2.75, 3.05) is 20.1 Å². The summed E-state index contributed by atoms with van der Waals surface area (Å²) in [6.07, 6.45) is 6.40. The summed E-state index contributed by atoms with van der Waals surface area (Å²) in [5.74, 6) is 1.26. The normalized spacial score (nSPS) is 25.4. The number of amides is 3. The average Bonchev–Trinajstić information content (AvgIpc) is 2.62. The highest BCUT2D eigenvalue weighted by atomic mass is 16.2. The van der Waals surface area contributed by atoms with Crippen LogP contribution in [0.15, 0.2) is 30.3 Å². The number of rotatable bonds is 3. The fraction of sp³-hybridized carbons (Fsp3) is 0.579. The highest BCUT2D eigenvalue weighted by molar-refractivity contribution is 5.97. The fourth-order valence-corrected chi connectivity index (χ4v) is 4.27. The van der Waals surface area contributed by atoms with Crippen LogP contribution >= 0.6 is 0 Å². The molecule has 1 heterocycles. The average molecular weight is 329 g/mol. The van der Waals surface area contributed by atoms with Gasteiger partial charge in [0.25, 0.3) is 0 Å². The van der Waals surface area contributed by atoms with E-state index in [1.54, 1.807) is 0 Å². The molecule has 0 unspecified atom stereocenters. The molecule has 1 aliphatic carbocycles. The quantitative estimate of drug-likeness (QED) is 0.896. The first-order valence-corrected chi connectivity index (χ1v) is 9.00. The molecule has 5 heteroatoms. The van der Waals surface area contributed by atoms with Crippen molar-refractivity contribution in [2.24, 2.45) is 11.8 Å². The first-order valence-electron chi connectivity index (χ1n) is 9.00. The van der Waals surface area contributed by atoms with Gasteiger partial charge in [-0.15, -0.1) is 0 Å². The molecule has 0 aromatic heterocycles. The molecule has 0 bridgehead atoms. The SMILES string of the molecule is CNC(=O)NC(=O)[C@H](c1ccccc1)N1CC[C@@H]2CCCC[C@@H]2C1. The molecule has 1 saturated heterocycles. The number of imide groups is 1. The van der Waals surface area contributed by atoms with E-state index in [1.165, 1.54) is 32.7 Å². The van der Waals surface area contributed by atoms with E-state index < -0.39 is 12.1 Å². The van der Waals surface area contributed by atoms with E-state index in [-0.39, 0.29) is 5.91 Å². The molecule has 1 aromatic carbocycles. The summed E-state index contributed by atoms with van der Waals surface area (Å²) < 4.78 is 0. The van der Waals surface area contributed by atoms with E-state index >= 15 is 0 Å². The van der Waals surface area contributed by atoms with Crippen molar-refractivity contribution in [3.63, 3.8) is 0 Å². The molecule has 2 N–H and O–H groups in total. The molecule has 24 heavy (non-hydrogen) atoms. The van der Waals surface area contributed by atoms with Gasteiger partial charge in [0.05, 0.1) is 0 Å². The van der Waals surface area contributed by atoms with Gasteiger partial charge in [-0.2, -0.15) is 0 Å². The molecule has 0 spiro atoms. The molecule has 5 nitrogen and oxygen atoms in total. The second-order valence-corrected chi connectivity index (χ2v) is 6.97. The number of likely N-dealkylation sites (tertiary alicyclic amines) is 1. The summed E-state index contributed by atoms with van der Waals surface area (Å²) in [6, 6.07) is 8.94. The zero-order valence-electron chi connectivity index (χ0n) is 14.3. The monoisotopic (exact) mass is 329 g/mol. The molecular formula is C19H27N3O2. The van der Waals surface area contributed by atoms with Gasteiger partial charge >= 0.3 is 6.03 Å². The zero-order valence-corrected chi connectivity index (χ0v) is 14.3. The zero-order chi connectivity index (χ0) is 16.9. The number of nitrogens with zero attached hydrogens (tertiary/aromatic N) is 1. The third-order valence-electron chi connectivity index (χ3n) is 5.52. The van der Waals surface area contributed by atoms with Crippen LogP contribution in [0, 0.1) is 11.8 Å². The van der Waals surface area contributed by atoms with Crippen molar-refractivity contribution >= 4 is 11.9 Å². The van der Waals surface area contributed by atoms with E-state index in [0.717, 1.165) is 31.0 Å². The molecule has 130 valence electrons. The Bertz CT molecular complexity index is 575. The summed E-state index contributed by atoms with van der Waals surface area (Å²) in [6.45, 7) is 1.87. The van der Waals surface area contributed by atoms with Crippen LogP contribution in [-0.2, 0) is 4.79 Å². The third-order valence-corrected chi connectivity index (χ3v) is 5.52. The summed E-state index contributed by atoms with van der Waals surface area (Å²) in [4.78, 5) is 26.6. The number of hydrogen-bond acceptors (Lipinski definition) is 3. The van der Waals surface area contributed by atoms with Crippen LogP contribution in [0.1, 0.15) is 43.7 Å². The van der Waals surface area contributed by atoms with Gasteiger partial charge < -0.3 is 5.32 Å². The summed E-state index contributed by atoms with van der Waals surface area (Å²) >= 11 is 0. The minimum atomic E-state index is -0.450. The molecule has 1 aliphatic heterocycles. The molecule has 0 radical (unpaired) electrons. The Hall–Kier alpha value is -1.88. The molecule has 2 fully saturated rings. The lowest BCUT2D eigenvalue weighted by atomic mass is 9.74. The Kier molecular flexibility index (Phi) is 5.51. The van der Waals surface area contributed by atoms with Gasteiger partial charge in [-0.3, -0.25) is 15.0 Å². The maximum Gasteiger partial charge on any atom is 0.321 e. The van der Waals surface area contributed by atoms with Gasteiger partial charge in [0.1, 0.15) is 6.04 Å². The maximum atomic E-state index is 12.8. The number of carbonyl (C=O) groups is 2. The van der Waals surface area contributed by atoms with Gasteiger partial charge in [0.15, 0.2) is 0 Å². The van der Waals surface area contributed by atoms with Crippen LogP contribution in [0.4, 0.5) is 4.79 Å². The molecule has 3 amide bonds. The number of carbonyl (C=O) groups excluding carboxylic acids is 2. The first-order chi connectivity index (χ1) is 11.7. The van der Waals surface area contributed by atoms with Crippen molar-refractivity contribution < 1.29 is 9.59 Å². The lowest BCUT2D eigenvalue weighted by Crippen LogP contribution is -2.50. The van der Waals surface area contributed by atoms with Gasteiger partial charge in [0, 0.05) is 13.6 Å². The van der Waals surface area contributed by atoms with Gasteiger partial charge in [-0.25, -0.2) is 4.79 Å². The Balaban J connectivity index is 1.79. The number of piperidine rings is 1. The molecule has 3 atom stereocenters. The topological polar surface area (TPSA) is 61.4 Å². The number of hydrogen-bond donors (Lipinski definition) is 2. The Morgan fingerprint density at radius 3 is 2.50 bits per heavy atom. The van der Waals surface area contributed by atoms with Crippen molar-refractivity contribution in [1.29, 1.82) is 0 Å². The van der Waals surface area contributed by atoms with Crippen LogP contribution in [0.3, 0.4) is 0 Å². The summed E-state index contributed by atoms with van der Waals surface area (Å²) in [7, 11) is 1.52. The molecular weight excluding hydrogens is 302 g/mol. The van der Waals surface area contributed by atoms with E-state index in [2.05, 4.69) is 15.5 Å². The van der Waals surface area contributed by atoms with E-state index in [9.17, 15) is 9.59 Å². The summed E-state index contributed by atoms with van der Waals surface area (Å²) in [5.41, 5.74) is 0.952. The third kappa shape index (κ3) is 3.78. The second kappa shape index (κ2) is 7.79. The lowest BCUT2D eigenvalue weighted by Gasteiger charge is -2.44. The molecule has 2 aliphatic rings. The van der Waals surface area contributed by atoms with E-state index in [0.29, 0.717) is 5.92 Å². The first kappa shape index (κ1) is 17.0. The van der Waals surface area contributed by atoms with Crippen LogP contribution in [0.5, 0.6) is 0 Å². The number of urea groups is 1. The minimum absolute atomic E-state index is 0.241.